The van der Waals surface area contributed by atoms with E-state index in [0.29, 0.717) is 6.54 Å². The Hall–Kier alpha value is -2.00. The maximum absolute atomic E-state index is 11.2. The summed E-state index contributed by atoms with van der Waals surface area (Å²) in [6, 6.07) is 18.7. The molecule has 2 saturated heterocycles. The average Bonchev–Trinajstić information content (AvgIpc) is 3.03. The zero-order valence-electron chi connectivity index (χ0n) is 25.7. The van der Waals surface area contributed by atoms with E-state index < -0.39 is 55.3 Å². The molecule has 0 radical (unpaired) electrons. The molecule has 2 aromatic carbocycles. The predicted molar refractivity (Wildman–Crippen MR) is 163 cm³/mol. The summed E-state index contributed by atoms with van der Waals surface area (Å²) >= 11 is 0. The van der Waals surface area contributed by atoms with E-state index in [0.717, 1.165) is 30.6 Å². The van der Waals surface area contributed by atoms with Crippen LogP contribution in [0.2, 0.25) is 0 Å². The SMILES string of the molecule is CCNCCC(C)CN(C[C@H](O)C[C@@H]1OC(c2ccccc2)OC[C@H]1O)C[C@H](O)[C@@H](O)[C@@H]1OC(c2ccccc2)OC[C@H]1O. The van der Waals surface area contributed by atoms with Crippen LogP contribution >= 0.6 is 0 Å². The van der Waals surface area contributed by atoms with Crippen LogP contribution < -0.4 is 5.32 Å². The van der Waals surface area contributed by atoms with Gasteiger partial charge in [-0.2, -0.15) is 0 Å². The van der Waals surface area contributed by atoms with Crippen molar-refractivity contribution in [3.63, 3.8) is 0 Å². The third kappa shape index (κ3) is 10.3. The Morgan fingerprint density at radius 1 is 0.818 bits per heavy atom. The van der Waals surface area contributed by atoms with Crippen molar-refractivity contribution in [2.75, 3.05) is 45.9 Å². The molecule has 11 heteroatoms. The van der Waals surface area contributed by atoms with E-state index in [2.05, 4.69) is 19.2 Å². The number of aliphatic hydroxyl groups is 5. The third-order valence-corrected chi connectivity index (χ3v) is 8.15. The first-order chi connectivity index (χ1) is 21.2. The zero-order chi connectivity index (χ0) is 31.5. The molecule has 44 heavy (non-hydrogen) atoms. The summed E-state index contributed by atoms with van der Waals surface area (Å²) in [5, 5.41) is 58.0. The molecule has 0 aliphatic carbocycles. The smallest absolute Gasteiger partial charge is 0.184 e. The molecule has 0 aromatic heterocycles. The van der Waals surface area contributed by atoms with Crippen molar-refractivity contribution >= 4 is 0 Å². The molecule has 10 atom stereocenters. The Morgan fingerprint density at radius 3 is 2.02 bits per heavy atom. The molecular weight excluding hydrogens is 568 g/mol. The highest BCUT2D eigenvalue weighted by molar-refractivity contribution is 5.17. The molecule has 246 valence electrons. The lowest BCUT2D eigenvalue weighted by Crippen LogP contribution is -2.54. The van der Waals surface area contributed by atoms with Gasteiger partial charge in [0.15, 0.2) is 12.6 Å². The van der Waals surface area contributed by atoms with E-state index >= 15 is 0 Å². The molecule has 2 aromatic rings. The van der Waals surface area contributed by atoms with Gasteiger partial charge < -0.3 is 49.8 Å². The van der Waals surface area contributed by atoms with Crippen molar-refractivity contribution in [1.29, 1.82) is 0 Å². The van der Waals surface area contributed by atoms with E-state index in [-0.39, 0.29) is 38.6 Å². The number of nitrogens with one attached hydrogen (secondary N) is 1. The largest absolute Gasteiger partial charge is 0.392 e. The van der Waals surface area contributed by atoms with Gasteiger partial charge in [-0.15, -0.1) is 0 Å². The molecule has 2 heterocycles. The minimum Gasteiger partial charge on any atom is -0.392 e. The fourth-order valence-corrected chi connectivity index (χ4v) is 5.74. The average molecular weight is 619 g/mol. The minimum absolute atomic E-state index is 0.0387. The molecule has 0 saturated carbocycles. The van der Waals surface area contributed by atoms with Gasteiger partial charge >= 0.3 is 0 Å². The van der Waals surface area contributed by atoms with E-state index in [9.17, 15) is 25.5 Å². The Morgan fingerprint density at radius 2 is 1.41 bits per heavy atom. The number of aliphatic hydroxyl groups excluding tert-OH is 5. The molecule has 3 unspecified atom stereocenters. The van der Waals surface area contributed by atoms with Crippen molar-refractivity contribution in [3.05, 3.63) is 71.8 Å². The second-order valence-corrected chi connectivity index (χ2v) is 12.0. The van der Waals surface area contributed by atoms with Gasteiger partial charge in [0.25, 0.3) is 0 Å². The number of hydrogen-bond acceptors (Lipinski definition) is 11. The highest BCUT2D eigenvalue weighted by atomic mass is 16.7. The fourth-order valence-electron chi connectivity index (χ4n) is 5.74. The van der Waals surface area contributed by atoms with Gasteiger partial charge in [0.1, 0.15) is 24.4 Å². The summed E-state index contributed by atoms with van der Waals surface area (Å²) in [5.74, 6) is 0.227. The molecule has 0 bridgehead atoms. The van der Waals surface area contributed by atoms with Gasteiger partial charge in [-0.25, -0.2) is 0 Å². The summed E-state index contributed by atoms with van der Waals surface area (Å²) in [4.78, 5) is 1.91. The molecule has 6 N–H and O–H groups in total. The number of ether oxygens (including phenoxy) is 4. The maximum atomic E-state index is 11.2. The zero-order valence-corrected chi connectivity index (χ0v) is 25.7. The lowest BCUT2D eigenvalue weighted by atomic mass is 9.99. The van der Waals surface area contributed by atoms with Gasteiger partial charge in [0, 0.05) is 37.2 Å². The highest BCUT2D eigenvalue weighted by Gasteiger charge is 2.40. The number of nitrogens with zero attached hydrogens (tertiary/aromatic N) is 1. The van der Waals surface area contributed by atoms with E-state index in [4.69, 9.17) is 18.9 Å². The van der Waals surface area contributed by atoms with Crippen LogP contribution in [0.1, 0.15) is 50.4 Å². The minimum atomic E-state index is -1.40. The van der Waals surface area contributed by atoms with Crippen LogP contribution in [0.3, 0.4) is 0 Å². The summed E-state index contributed by atoms with van der Waals surface area (Å²) in [6.07, 6.45) is -7.65. The number of hydrogen-bond donors (Lipinski definition) is 6. The molecule has 2 fully saturated rings. The first-order valence-corrected chi connectivity index (χ1v) is 15.7. The van der Waals surface area contributed by atoms with Crippen LogP contribution in [-0.2, 0) is 18.9 Å². The van der Waals surface area contributed by atoms with Crippen LogP contribution in [0.4, 0.5) is 0 Å². The molecule has 0 spiro atoms. The molecule has 0 amide bonds. The van der Waals surface area contributed by atoms with Gasteiger partial charge in [-0.05, 0) is 25.4 Å². The third-order valence-electron chi connectivity index (χ3n) is 8.15. The van der Waals surface area contributed by atoms with Crippen molar-refractivity contribution in [2.24, 2.45) is 5.92 Å². The van der Waals surface area contributed by atoms with Crippen molar-refractivity contribution in [2.45, 2.75) is 82.0 Å². The van der Waals surface area contributed by atoms with Gasteiger partial charge in [-0.3, -0.25) is 4.90 Å². The second-order valence-electron chi connectivity index (χ2n) is 12.0. The van der Waals surface area contributed by atoms with E-state index in [1.807, 2.05) is 65.6 Å². The van der Waals surface area contributed by atoms with Crippen LogP contribution in [0.25, 0.3) is 0 Å². The Bertz CT molecular complexity index is 1070. The summed E-state index contributed by atoms with van der Waals surface area (Å²) in [6.45, 7) is 6.68. The van der Waals surface area contributed by atoms with Gasteiger partial charge in [0.05, 0.1) is 31.5 Å². The standard InChI is InChI=1S/C33H50N2O9/c1-3-34-15-14-22(2)17-35(18-25(36)16-29-27(38)20-41-32(43-29)23-10-6-4-7-11-23)19-26(37)30(40)31-28(39)21-42-33(44-31)24-12-8-5-9-13-24/h4-13,22,25-34,36-40H,3,14-21H2,1-2H3/t22?,25-,26+,27-,28-,29+,30-,31-,32?,33?/m1/s1. The monoisotopic (exact) mass is 618 g/mol. The summed E-state index contributed by atoms with van der Waals surface area (Å²) in [7, 11) is 0. The quantitative estimate of drug-likeness (QED) is 0.151. The topological polar surface area (TPSA) is 153 Å². The first-order valence-electron chi connectivity index (χ1n) is 15.7. The first kappa shape index (κ1) is 34.9. The highest BCUT2D eigenvalue weighted by Crippen LogP contribution is 2.30. The van der Waals surface area contributed by atoms with Crippen LogP contribution in [0, 0.1) is 5.92 Å². The normalized spacial score (nSPS) is 28.8. The van der Waals surface area contributed by atoms with E-state index in [1.54, 1.807) is 0 Å². The van der Waals surface area contributed by atoms with Crippen LogP contribution in [0.5, 0.6) is 0 Å². The van der Waals surface area contributed by atoms with Crippen LogP contribution in [-0.4, -0.2) is 119 Å². The molecule has 11 nitrogen and oxygen atoms in total. The molecule has 4 rings (SSSR count). The van der Waals surface area contributed by atoms with Crippen LogP contribution in [0.15, 0.2) is 60.7 Å². The van der Waals surface area contributed by atoms with Crippen molar-refractivity contribution < 1.29 is 44.5 Å². The lowest BCUT2D eigenvalue weighted by molar-refractivity contribution is -0.283. The molecule has 2 aliphatic heterocycles. The molecular formula is C33H50N2O9. The fraction of sp³-hybridized carbons (Fsp3) is 0.636. The lowest BCUT2D eigenvalue weighted by Gasteiger charge is -2.39. The molecule has 2 aliphatic rings. The number of rotatable bonds is 16. The van der Waals surface area contributed by atoms with Crippen molar-refractivity contribution in [1.82, 2.24) is 10.2 Å². The van der Waals surface area contributed by atoms with E-state index in [1.165, 1.54) is 0 Å². The Balaban J connectivity index is 1.38. The van der Waals surface area contributed by atoms with Gasteiger partial charge in [-0.1, -0.05) is 74.5 Å². The number of benzene rings is 2. The van der Waals surface area contributed by atoms with Crippen molar-refractivity contribution in [3.8, 4) is 0 Å². The second kappa shape index (κ2) is 17.6. The summed E-state index contributed by atoms with van der Waals surface area (Å²) in [5.41, 5.74) is 1.58. The Kier molecular flexibility index (Phi) is 14.0. The summed E-state index contributed by atoms with van der Waals surface area (Å²) < 4.78 is 23.3. The maximum Gasteiger partial charge on any atom is 0.184 e. The van der Waals surface area contributed by atoms with Gasteiger partial charge in [0.2, 0.25) is 0 Å². The Labute approximate surface area is 260 Å². The predicted octanol–water partition coefficient (Wildman–Crippen LogP) is 1.35.